The van der Waals surface area contributed by atoms with Crippen molar-refractivity contribution in [3.8, 4) is 0 Å². The lowest BCUT2D eigenvalue weighted by Crippen LogP contribution is -2.41. The zero-order chi connectivity index (χ0) is 28.7. The van der Waals surface area contributed by atoms with Crippen molar-refractivity contribution < 1.29 is 23.9 Å². The van der Waals surface area contributed by atoms with E-state index in [1.165, 1.54) is 27.2 Å². The summed E-state index contributed by atoms with van der Waals surface area (Å²) in [5, 5.41) is 2.75. The molecule has 0 aromatic heterocycles. The maximum Gasteiger partial charge on any atom is 0.306 e. The lowest BCUT2D eigenvalue weighted by Gasteiger charge is -2.45. The Hall–Kier alpha value is -3.78. The molecule has 2 bridgehead atoms. The number of nitrogens with one attached hydrogen (secondary N) is 1. The summed E-state index contributed by atoms with van der Waals surface area (Å²) in [6.07, 6.45) is 2.01. The number of halogens is 1. The minimum absolute atomic E-state index is 0.0783. The molecule has 210 valence electrons. The number of carbonyl (C=O) groups excluding carboxylic acids is 4. The van der Waals surface area contributed by atoms with Crippen LogP contribution in [-0.4, -0.2) is 41.7 Å². The number of esters is 1. The molecule has 8 heteroatoms. The van der Waals surface area contributed by atoms with E-state index in [1.54, 1.807) is 6.07 Å². The van der Waals surface area contributed by atoms with Gasteiger partial charge in [-0.15, -0.1) is 0 Å². The number of amides is 3. The molecular formula is C33H31BrN2O5. The summed E-state index contributed by atoms with van der Waals surface area (Å²) in [7, 11) is 0. The molecule has 1 aliphatic heterocycles. The van der Waals surface area contributed by atoms with Gasteiger partial charge in [0.1, 0.15) is 0 Å². The molecule has 3 aromatic carbocycles. The SMILES string of the molecule is Cc1cc(Br)ccc1NC(=O)COC(=O)CCCCCN1C(=O)[C@@H]2C3c4ccccc4C(c4ccccc43)[C@@H]2C1=O. The normalized spacial score (nSPS) is 21.8. The third-order valence-electron chi connectivity index (χ3n) is 8.63. The first kappa shape index (κ1) is 27.4. The van der Waals surface area contributed by atoms with Crippen molar-refractivity contribution >= 4 is 45.3 Å². The standard InChI is InChI=1S/C33H31BrN2O5/c1-19-17-20(34)14-15-25(19)35-26(37)18-41-27(38)13-3-2-8-16-36-32(39)30-28-21-9-4-5-10-22(21)29(31(30)33(36)40)24-12-7-6-11-23(24)28/h4-7,9-12,14-15,17,28-31H,2-3,8,13,16,18H2,1H3,(H,35,37)/t28?,29?,30-,31+. The molecule has 7 nitrogen and oxygen atoms in total. The van der Waals surface area contributed by atoms with Crippen LogP contribution in [0.15, 0.2) is 71.2 Å². The van der Waals surface area contributed by atoms with E-state index in [-0.39, 0.29) is 48.5 Å². The number of hydrogen-bond donors (Lipinski definition) is 1. The Balaban J connectivity index is 0.996. The van der Waals surface area contributed by atoms with Gasteiger partial charge in [0.05, 0.1) is 11.8 Å². The molecule has 3 aromatic rings. The van der Waals surface area contributed by atoms with Gasteiger partial charge in [0, 0.05) is 35.0 Å². The fraction of sp³-hybridized carbons (Fsp3) is 0.333. The van der Waals surface area contributed by atoms with Gasteiger partial charge in [-0.25, -0.2) is 0 Å². The Morgan fingerprint density at radius 1 is 0.829 bits per heavy atom. The van der Waals surface area contributed by atoms with Gasteiger partial charge < -0.3 is 10.1 Å². The number of nitrogens with zero attached hydrogens (tertiary/aromatic N) is 1. The van der Waals surface area contributed by atoms with Gasteiger partial charge in [0.2, 0.25) is 11.8 Å². The third-order valence-corrected chi connectivity index (χ3v) is 9.12. The molecule has 3 amide bonds. The van der Waals surface area contributed by atoms with Gasteiger partial charge in [-0.2, -0.15) is 0 Å². The average molecular weight is 616 g/mol. The first-order valence-corrected chi connectivity index (χ1v) is 14.9. The van der Waals surface area contributed by atoms with Crippen LogP contribution >= 0.6 is 15.9 Å². The van der Waals surface area contributed by atoms with Gasteiger partial charge in [-0.05, 0) is 65.8 Å². The highest BCUT2D eigenvalue weighted by Gasteiger charge is 2.61. The molecule has 4 aliphatic rings. The summed E-state index contributed by atoms with van der Waals surface area (Å²) in [6.45, 7) is 1.88. The molecule has 0 radical (unpaired) electrons. The predicted octanol–water partition coefficient (Wildman–Crippen LogP) is 5.69. The van der Waals surface area contributed by atoms with Crippen molar-refractivity contribution in [3.05, 3.63) is 99.0 Å². The fourth-order valence-corrected chi connectivity index (χ4v) is 7.32. The predicted molar refractivity (Wildman–Crippen MR) is 157 cm³/mol. The number of anilines is 1. The fourth-order valence-electron chi connectivity index (χ4n) is 6.85. The van der Waals surface area contributed by atoms with Crippen molar-refractivity contribution in [2.24, 2.45) is 11.8 Å². The van der Waals surface area contributed by atoms with Crippen LogP contribution in [-0.2, 0) is 23.9 Å². The van der Waals surface area contributed by atoms with Crippen LogP contribution in [0.25, 0.3) is 0 Å². The van der Waals surface area contributed by atoms with Crippen LogP contribution in [0.3, 0.4) is 0 Å². The lowest BCUT2D eigenvalue weighted by atomic mass is 9.55. The number of carbonyl (C=O) groups is 4. The Morgan fingerprint density at radius 2 is 1.39 bits per heavy atom. The smallest absolute Gasteiger partial charge is 0.306 e. The molecule has 1 heterocycles. The van der Waals surface area contributed by atoms with Crippen molar-refractivity contribution in [2.75, 3.05) is 18.5 Å². The monoisotopic (exact) mass is 614 g/mol. The average Bonchev–Trinajstić information content (AvgIpc) is 3.23. The summed E-state index contributed by atoms with van der Waals surface area (Å²) in [4.78, 5) is 53.1. The van der Waals surface area contributed by atoms with E-state index in [0.29, 0.717) is 31.5 Å². The zero-order valence-corrected chi connectivity index (χ0v) is 24.4. The number of ether oxygens (including phenoxy) is 1. The number of imide groups is 1. The Labute approximate surface area is 247 Å². The summed E-state index contributed by atoms with van der Waals surface area (Å²) >= 11 is 3.39. The Morgan fingerprint density at radius 3 is 1.93 bits per heavy atom. The number of benzene rings is 3. The molecule has 0 spiro atoms. The first-order valence-electron chi connectivity index (χ1n) is 14.1. The molecule has 0 unspecified atom stereocenters. The Bertz CT molecular complexity index is 1440. The molecule has 7 rings (SSSR count). The van der Waals surface area contributed by atoms with Crippen LogP contribution in [0, 0.1) is 18.8 Å². The summed E-state index contributed by atoms with van der Waals surface area (Å²) in [5.74, 6) is -1.92. The summed E-state index contributed by atoms with van der Waals surface area (Å²) < 4.78 is 6.05. The molecule has 41 heavy (non-hydrogen) atoms. The summed E-state index contributed by atoms with van der Waals surface area (Å²) in [5.41, 5.74) is 6.23. The number of hydrogen-bond acceptors (Lipinski definition) is 5. The minimum Gasteiger partial charge on any atom is -0.456 e. The highest BCUT2D eigenvalue weighted by Crippen LogP contribution is 2.60. The van der Waals surface area contributed by atoms with Crippen LogP contribution in [0.5, 0.6) is 0 Å². The molecule has 2 atom stereocenters. The second-order valence-electron chi connectivity index (χ2n) is 11.1. The number of aryl methyl sites for hydroxylation is 1. The quantitative estimate of drug-likeness (QED) is 0.190. The minimum atomic E-state index is -0.445. The first-order chi connectivity index (χ1) is 19.8. The second-order valence-corrected chi connectivity index (χ2v) is 12.0. The number of likely N-dealkylation sites (tertiary alicyclic amines) is 1. The van der Waals surface area contributed by atoms with E-state index in [1.807, 2.05) is 43.3 Å². The number of rotatable bonds is 9. The molecule has 1 fully saturated rings. The van der Waals surface area contributed by atoms with Gasteiger partial charge in [-0.1, -0.05) is 70.9 Å². The zero-order valence-electron chi connectivity index (χ0n) is 22.8. The maximum absolute atomic E-state index is 13.6. The third kappa shape index (κ3) is 4.99. The van der Waals surface area contributed by atoms with Crippen molar-refractivity contribution in [1.29, 1.82) is 0 Å². The molecule has 3 aliphatic carbocycles. The molecule has 1 saturated heterocycles. The van der Waals surface area contributed by atoms with E-state index >= 15 is 0 Å². The van der Waals surface area contributed by atoms with Crippen molar-refractivity contribution in [1.82, 2.24) is 4.90 Å². The van der Waals surface area contributed by atoms with Crippen LogP contribution < -0.4 is 5.32 Å². The second kappa shape index (κ2) is 11.2. The van der Waals surface area contributed by atoms with E-state index in [0.717, 1.165) is 10.0 Å². The molecule has 1 N–H and O–H groups in total. The molecular weight excluding hydrogens is 584 g/mol. The van der Waals surface area contributed by atoms with Crippen molar-refractivity contribution in [3.63, 3.8) is 0 Å². The van der Waals surface area contributed by atoms with Crippen LogP contribution in [0.2, 0.25) is 0 Å². The molecule has 0 saturated carbocycles. The van der Waals surface area contributed by atoms with Crippen LogP contribution in [0.1, 0.15) is 65.3 Å². The lowest BCUT2D eigenvalue weighted by molar-refractivity contribution is -0.147. The largest absolute Gasteiger partial charge is 0.456 e. The highest BCUT2D eigenvalue weighted by molar-refractivity contribution is 9.10. The maximum atomic E-state index is 13.6. The highest BCUT2D eigenvalue weighted by atomic mass is 79.9. The number of unbranched alkanes of at least 4 members (excludes halogenated alkanes) is 2. The van der Waals surface area contributed by atoms with Gasteiger partial charge in [0.25, 0.3) is 5.91 Å². The van der Waals surface area contributed by atoms with Gasteiger partial charge in [0.15, 0.2) is 6.61 Å². The topological polar surface area (TPSA) is 92.8 Å². The van der Waals surface area contributed by atoms with Crippen molar-refractivity contribution in [2.45, 2.75) is 44.4 Å². The van der Waals surface area contributed by atoms with Gasteiger partial charge in [-0.3, -0.25) is 24.1 Å². The van der Waals surface area contributed by atoms with Crippen LogP contribution in [0.4, 0.5) is 5.69 Å². The van der Waals surface area contributed by atoms with E-state index < -0.39 is 11.9 Å². The van der Waals surface area contributed by atoms with Gasteiger partial charge >= 0.3 is 5.97 Å². The van der Waals surface area contributed by atoms with E-state index in [9.17, 15) is 19.2 Å². The summed E-state index contributed by atoms with van der Waals surface area (Å²) in [6, 6.07) is 22.0. The van der Waals surface area contributed by atoms with E-state index in [2.05, 4.69) is 45.5 Å². The Kier molecular flexibility index (Phi) is 7.51. The van der Waals surface area contributed by atoms with E-state index in [4.69, 9.17) is 4.74 Å².